The second-order valence-electron chi connectivity index (χ2n) is 8.90. The predicted molar refractivity (Wildman–Crippen MR) is 132 cm³/mol. The lowest BCUT2D eigenvalue weighted by Gasteiger charge is -2.20. The summed E-state index contributed by atoms with van der Waals surface area (Å²) >= 11 is 0. The van der Waals surface area contributed by atoms with Gasteiger partial charge < -0.3 is 20.1 Å². The highest BCUT2D eigenvalue weighted by atomic mass is 19.3. The lowest BCUT2D eigenvalue weighted by molar-refractivity contribution is -0.119. The van der Waals surface area contributed by atoms with Crippen molar-refractivity contribution in [2.45, 2.75) is 39.2 Å². The zero-order chi connectivity index (χ0) is 26.0. The van der Waals surface area contributed by atoms with E-state index >= 15 is 0 Å². The predicted octanol–water partition coefficient (Wildman–Crippen LogP) is 6.28. The number of aryl methyl sites for hydroxylation is 2. The van der Waals surface area contributed by atoms with Gasteiger partial charge in [-0.2, -0.15) is 0 Å². The first kappa shape index (κ1) is 25.1. The zero-order valence-electron chi connectivity index (χ0n) is 20.4. The van der Waals surface area contributed by atoms with Gasteiger partial charge in [-0.3, -0.25) is 4.79 Å². The Labute approximate surface area is 207 Å². The molecule has 1 heterocycles. The Kier molecular flexibility index (Phi) is 6.92. The summed E-state index contributed by atoms with van der Waals surface area (Å²) in [7, 11) is 1.25. The van der Waals surface area contributed by atoms with E-state index in [9.17, 15) is 18.4 Å². The number of methoxy groups -OCH3 is 1. The van der Waals surface area contributed by atoms with Crippen molar-refractivity contribution in [1.29, 1.82) is 0 Å². The SMILES string of the molecule is COC(=O)Oc1ccc(C)cc1-c1ccc(C(C)Nc2nccc(C)c2NC(=O)C2CC2(F)F)cc1. The van der Waals surface area contributed by atoms with Crippen molar-refractivity contribution in [1.82, 2.24) is 4.98 Å². The molecule has 1 aliphatic carbocycles. The summed E-state index contributed by atoms with van der Waals surface area (Å²) in [5.74, 6) is -4.17. The Balaban J connectivity index is 1.52. The Morgan fingerprint density at radius 3 is 2.44 bits per heavy atom. The molecule has 2 unspecified atom stereocenters. The third kappa shape index (κ3) is 5.45. The van der Waals surface area contributed by atoms with E-state index in [-0.39, 0.29) is 6.04 Å². The molecule has 3 aromatic rings. The third-order valence-electron chi connectivity index (χ3n) is 6.12. The average molecular weight is 496 g/mol. The highest BCUT2D eigenvalue weighted by molar-refractivity contribution is 5.98. The van der Waals surface area contributed by atoms with Crippen LogP contribution in [0.1, 0.15) is 36.1 Å². The fraction of sp³-hybridized carbons (Fsp3) is 0.296. The number of nitrogens with one attached hydrogen (secondary N) is 2. The first-order valence-corrected chi connectivity index (χ1v) is 11.5. The maximum Gasteiger partial charge on any atom is 0.513 e. The molecule has 4 rings (SSSR count). The summed E-state index contributed by atoms with van der Waals surface area (Å²) in [5, 5.41) is 5.89. The molecule has 7 nitrogen and oxygen atoms in total. The molecule has 1 aromatic heterocycles. The Morgan fingerprint density at radius 1 is 1.11 bits per heavy atom. The molecular weight excluding hydrogens is 468 g/mol. The minimum absolute atomic E-state index is 0.213. The number of benzene rings is 2. The summed E-state index contributed by atoms with van der Waals surface area (Å²) in [5.41, 5.74) is 4.62. The van der Waals surface area contributed by atoms with Crippen molar-refractivity contribution in [2.75, 3.05) is 17.7 Å². The Hall–Kier alpha value is -4.01. The molecule has 0 radical (unpaired) electrons. The van der Waals surface area contributed by atoms with Crippen molar-refractivity contribution in [3.63, 3.8) is 0 Å². The molecule has 1 amide bonds. The first-order valence-electron chi connectivity index (χ1n) is 11.5. The van der Waals surface area contributed by atoms with E-state index in [4.69, 9.17) is 4.74 Å². The van der Waals surface area contributed by atoms with E-state index in [1.165, 1.54) is 7.11 Å². The maximum absolute atomic E-state index is 13.3. The number of alkyl halides is 2. The second-order valence-corrected chi connectivity index (χ2v) is 8.90. The number of anilines is 2. The van der Waals surface area contributed by atoms with Crippen molar-refractivity contribution in [2.24, 2.45) is 5.92 Å². The van der Waals surface area contributed by atoms with Crippen molar-refractivity contribution >= 4 is 23.6 Å². The quantitative estimate of drug-likeness (QED) is 0.296. The van der Waals surface area contributed by atoms with Gasteiger partial charge in [0.05, 0.1) is 18.8 Å². The van der Waals surface area contributed by atoms with Crippen LogP contribution in [-0.4, -0.2) is 30.1 Å². The number of halogens is 2. The van der Waals surface area contributed by atoms with Crippen molar-refractivity contribution < 1.29 is 27.8 Å². The number of amides is 1. The molecule has 0 aliphatic heterocycles. The summed E-state index contributed by atoms with van der Waals surface area (Å²) in [6.45, 7) is 5.66. The number of aromatic nitrogens is 1. The van der Waals surface area contributed by atoms with E-state index in [1.54, 1.807) is 25.3 Å². The number of rotatable bonds is 7. The van der Waals surface area contributed by atoms with Crippen LogP contribution in [0, 0.1) is 19.8 Å². The van der Waals surface area contributed by atoms with Crippen LogP contribution in [0.4, 0.5) is 25.1 Å². The van der Waals surface area contributed by atoms with Crippen LogP contribution < -0.4 is 15.4 Å². The largest absolute Gasteiger partial charge is 0.513 e. The molecular formula is C27H27F2N3O4. The van der Waals surface area contributed by atoms with Gasteiger partial charge in [-0.05, 0) is 55.7 Å². The topological polar surface area (TPSA) is 89.6 Å². The Bertz CT molecular complexity index is 1290. The number of carbonyl (C=O) groups excluding carboxylic acids is 2. The summed E-state index contributed by atoms with van der Waals surface area (Å²) in [6, 6.07) is 14.7. The van der Waals surface area contributed by atoms with Crippen molar-refractivity contribution in [3.05, 3.63) is 71.4 Å². The smallest absolute Gasteiger partial charge is 0.437 e. The van der Waals surface area contributed by atoms with Gasteiger partial charge in [0, 0.05) is 18.2 Å². The van der Waals surface area contributed by atoms with Gasteiger partial charge in [0.2, 0.25) is 5.91 Å². The van der Waals surface area contributed by atoms with E-state index in [0.29, 0.717) is 22.8 Å². The van der Waals surface area contributed by atoms with Crippen LogP contribution in [-0.2, 0) is 9.53 Å². The highest BCUT2D eigenvalue weighted by Crippen LogP contribution is 2.49. The lowest BCUT2D eigenvalue weighted by atomic mass is 9.99. The number of pyridine rings is 1. The standard InChI is InChI=1S/C27H27F2N3O4/c1-15-5-10-22(36-26(34)35-4)20(13-15)19-8-6-18(7-9-19)17(3)31-24-23(16(2)11-12-30-24)32-25(33)21-14-27(21,28)29/h5-13,17,21H,14H2,1-4H3,(H,30,31)(H,32,33). The molecule has 188 valence electrons. The van der Waals surface area contributed by atoms with Crippen LogP contribution in [0.5, 0.6) is 5.75 Å². The molecule has 1 saturated carbocycles. The molecule has 2 aromatic carbocycles. The summed E-state index contributed by atoms with van der Waals surface area (Å²) < 4.78 is 36.6. The lowest BCUT2D eigenvalue weighted by Crippen LogP contribution is -2.20. The minimum atomic E-state index is -2.94. The molecule has 0 spiro atoms. The molecule has 9 heteroatoms. The molecule has 1 aliphatic rings. The normalized spacial score (nSPS) is 16.6. The first-order chi connectivity index (χ1) is 17.1. The van der Waals surface area contributed by atoms with Gasteiger partial charge >= 0.3 is 6.16 Å². The van der Waals surface area contributed by atoms with Gasteiger partial charge in [0.1, 0.15) is 11.7 Å². The number of nitrogens with zero attached hydrogens (tertiary/aromatic N) is 1. The van der Waals surface area contributed by atoms with Crippen LogP contribution in [0.3, 0.4) is 0 Å². The maximum atomic E-state index is 13.3. The molecule has 2 N–H and O–H groups in total. The molecule has 2 atom stereocenters. The van der Waals surface area contributed by atoms with E-state index in [2.05, 4.69) is 20.4 Å². The van der Waals surface area contributed by atoms with Crippen LogP contribution in [0.15, 0.2) is 54.7 Å². The fourth-order valence-corrected chi connectivity index (χ4v) is 3.86. The van der Waals surface area contributed by atoms with Gasteiger partial charge in [0.25, 0.3) is 5.92 Å². The summed E-state index contributed by atoms with van der Waals surface area (Å²) in [6.07, 6.45) is 0.361. The van der Waals surface area contributed by atoms with E-state index in [1.807, 2.05) is 50.2 Å². The molecule has 36 heavy (non-hydrogen) atoms. The van der Waals surface area contributed by atoms with Crippen molar-refractivity contribution in [3.8, 4) is 16.9 Å². The molecule has 1 fully saturated rings. The average Bonchev–Trinajstić information content (AvgIpc) is 3.50. The third-order valence-corrected chi connectivity index (χ3v) is 6.12. The second kappa shape index (κ2) is 9.93. The van der Waals surface area contributed by atoms with Gasteiger partial charge in [-0.25, -0.2) is 18.6 Å². The Morgan fingerprint density at radius 2 is 1.81 bits per heavy atom. The van der Waals surface area contributed by atoms with Crippen LogP contribution >= 0.6 is 0 Å². The minimum Gasteiger partial charge on any atom is -0.437 e. The van der Waals surface area contributed by atoms with Gasteiger partial charge in [-0.1, -0.05) is 35.9 Å². The fourth-order valence-electron chi connectivity index (χ4n) is 3.86. The van der Waals surface area contributed by atoms with Gasteiger partial charge in [-0.15, -0.1) is 0 Å². The van der Waals surface area contributed by atoms with Crippen LogP contribution in [0.2, 0.25) is 0 Å². The molecule has 0 saturated heterocycles. The monoisotopic (exact) mass is 495 g/mol. The number of carbonyl (C=O) groups is 2. The zero-order valence-corrected chi connectivity index (χ0v) is 20.4. The van der Waals surface area contributed by atoms with Crippen LogP contribution in [0.25, 0.3) is 11.1 Å². The summed E-state index contributed by atoms with van der Waals surface area (Å²) in [4.78, 5) is 28.2. The number of hydrogen-bond donors (Lipinski definition) is 2. The number of hydrogen-bond acceptors (Lipinski definition) is 6. The highest BCUT2D eigenvalue weighted by Gasteiger charge is 2.61. The van der Waals surface area contributed by atoms with Gasteiger partial charge in [0.15, 0.2) is 5.82 Å². The molecule has 0 bridgehead atoms. The van der Waals surface area contributed by atoms with E-state index in [0.717, 1.165) is 22.3 Å². The van der Waals surface area contributed by atoms with E-state index < -0.39 is 30.3 Å². The number of ether oxygens (including phenoxy) is 2.